The first-order valence-electron chi connectivity index (χ1n) is 9.41. The maximum Gasteiger partial charge on any atom is 0.411 e. The number of alkyl halides is 3. The molecular formula is C21H27F3IN3O3. The van der Waals surface area contributed by atoms with Crippen molar-refractivity contribution in [3.63, 3.8) is 0 Å². The first-order chi connectivity index (χ1) is 14.3. The highest BCUT2D eigenvalue weighted by atomic mass is 127. The van der Waals surface area contributed by atoms with Crippen molar-refractivity contribution >= 4 is 29.9 Å². The third-order valence-corrected chi connectivity index (χ3v) is 4.05. The lowest BCUT2D eigenvalue weighted by molar-refractivity contribution is -0.176. The number of hydrogen-bond donors (Lipinski definition) is 3. The maximum atomic E-state index is 12.1. The van der Waals surface area contributed by atoms with Gasteiger partial charge in [-0.3, -0.25) is 0 Å². The quantitative estimate of drug-likeness (QED) is 0.245. The van der Waals surface area contributed by atoms with Crippen LogP contribution < -0.4 is 15.4 Å². The highest BCUT2D eigenvalue weighted by Gasteiger charge is 2.27. The molecule has 2 rings (SSSR count). The second-order valence-electron chi connectivity index (χ2n) is 6.47. The standard InChI is InChI=1S/C21H26F3N3O3.HI/c1-3-25-20(27-12-17-10-18(29-2)8-9-19(17)28)26-11-15-4-6-16(7-5-15)13-30-14-21(22,23)24;/h4-10,28H,3,11-14H2,1-2H3,(H2,25,26,27);1H. The Bertz CT molecular complexity index is 831. The zero-order valence-corrected chi connectivity index (χ0v) is 19.7. The number of guanidine groups is 1. The molecule has 172 valence electrons. The molecule has 0 fully saturated rings. The lowest BCUT2D eigenvalue weighted by atomic mass is 10.1. The number of phenols is 1. The first-order valence-corrected chi connectivity index (χ1v) is 9.41. The van der Waals surface area contributed by atoms with Gasteiger partial charge in [0.1, 0.15) is 18.1 Å². The van der Waals surface area contributed by atoms with Crippen LogP contribution in [-0.4, -0.2) is 37.5 Å². The van der Waals surface area contributed by atoms with E-state index in [9.17, 15) is 18.3 Å². The summed E-state index contributed by atoms with van der Waals surface area (Å²) in [5, 5.41) is 16.3. The Morgan fingerprint density at radius 3 is 2.35 bits per heavy atom. The molecule has 0 aliphatic rings. The number of ether oxygens (including phenoxy) is 2. The third kappa shape index (κ3) is 10.1. The van der Waals surface area contributed by atoms with Gasteiger partial charge in [0.2, 0.25) is 0 Å². The molecule has 0 spiro atoms. The number of halogens is 4. The van der Waals surface area contributed by atoms with Crippen LogP contribution in [0, 0.1) is 0 Å². The summed E-state index contributed by atoms with van der Waals surface area (Å²) in [7, 11) is 1.56. The van der Waals surface area contributed by atoms with Gasteiger partial charge < -0.3 is 25.2 Å². The second-order valence-corrected chi connectivity index (χ2v) is 6.47. The van der Waals surface area contributed by atoms with Gasteiger partial charge in [-0.1, -0.05) is 24.3 Å². The molecule has 31 heavy (non-hydrogen) atoms. The topological polar surface area (TPSA) is 75.1 Å². The molecule has 2 aromatic carbocycles. The predicted molar refractivity (Wildman–Crippen MR) is 124 cm³/mol. The van der Waals surface area contributed by atoms with E-state index >= 15 is 0 Å². The van der Waals surface area contributed by atoms with Crippen molar-refractivity contribution in [3.05, 3.63) is 59.2 Å². The van der Waals surface area contributed by atoms with E-state index in [-0.39, 0.29) is 36.3 Å². The average Bonchev–Trinajstić information content (AvgIpc) is 2.71. The zero-order chi connectivity index (χ0) is 22.0. The van der Waals surface area contributed by atoms with Gasteiger partial charge in [0.25, 0.3) is 0 Å². The van der Waals surface area contributed by atoms with E-state index in [2.05, 4.69) is 20.4 Å². The van der Waals surface area contributed by atoms with Crippen LogP contribution in [0.2, 0.25) is 0 Å². The number of phenolic OH excluding ortho intramolecular Hbond substituents is 1. The Kier molecular flexibility index (Phi) is 11.5. The van der Waals surface area contributed by atoms with Crippen LogP contribution in [-0.2, 0) is 24.4 Å². The van der Waals surface area contributed by atoms with Gasteiger partial charge in [-0.25, -0.2) is 4.99 Å². The summed E-state index contributed by atoms with van der Waals surface area (Å²) in [5.74, 6) is 1.37. The Balaban J connectivity index is 0.00000480. The number of rotatable bonds is 9. The summed E-state index contributed by atoms with van der Waals surface area (Å²) in [5.41, 5.74) is 2.23. The number of nitrogens with one attached hydrogen (secondary N) is 2. The molecule has 0 aliphatic heterocycles. The zero-order valence-electron chi connectivity index (χ0n) is 17.3. The summed E-state index contributed by atoms with van der Waals surface area (Å²) in [6.07, 6.45) is -4.33. The van der Waals surface area contributed by atoms with E-state index in [0.717, 1.165) is 5.56 Å². The number of aromatic hydroxyl groups is 1. The molecule has 0 bridgehead atoms. The largest absolute Gasteiger partial charge is 0.508 e. The van der Waals surface area contributed by atoms with Crippen LogP contribution in [0.4, 0.5) is 13.2 Å². The number of hydrogen-bond acceptors (Lipinski definition) is 4. The molecule has 0 aliphatic carbocycles. The predicted octanol–water partition coefficient (Wildman–Crippen LogP) is 4.35. The lowest BCUT2D eigenvalue weighted by Crippen LogP contribution is -2.36. The Morgan fingerprint density at radius 2 is 1.74 bits per heavy atom. The molecule has 2 aromatic rings. The van der Waals surface area contributed by atoms with Gasteiger partial charge in [0.15, 0.2) is 5.96 Å². The maximum absolute atomic E-state index is 12.1. The third-order valence-electron chi connectivity index (χ3n) is 4.05. The van der Waals surface area contributed by atoms with Crippen molar-refractivity contribution in [2.75, 3.05) is 20.3 Å². The monoisotopic (exact) mass is 553 g/mol. The van der Waals surface area contributed by atoms with Gasteiger partial charge in [-0.15, -0.1) is 24.0 Å². The summed E-state index contributed by atoms with van der Waals surface area (Å²) < 4.78 is 46.2. The Hall–Kier alpha value is -2.21. The van der Waals surface area contributed by atoms with Crippen LogP contribution in [0.5, 0.6) is 11.5 Å². The molecule has 0 amide bonds. The van der Waals surface area contributed by atoms with Crippen LogP contribution in [0.3, 0.4) is 0 Å². The minimum atomic E-state index is -4.33. The van der Waals surface area contributed by atoms with Crippen LogP contribution >= 0.6 is 24.0 Å². The molecule has 10 heteroatoms. The summed E-state index contributed by atoms with van der Waals surface area (Å²) in [6, 6.07) is 12.0. The van der Waals surface area contributed by atoms with Gasteiger partial charge in [0.05, 0.1) is 20.3 Å². The first kappa shape index (κ1) is 26.8. The highest BCUT2D eigenvalue weighted by molar-refractivity contribution is 14.0. The Morgan fingerprint density at radius 1 is 1.06 bits per heavy atom. The minimum Gasteiger partial charge on any atom is -0.508 e. The lowest BCUT2D eigenvalue weighted by Gasteiger charge is -2.13. The van der Waals surface area contributed by atoms with E-state index < -0.39 is 12.8 Å². The Labute approximate surface area is 196 Å². The van der Waals surface area contributed by atoms with Gasteiger partial charge in [0, 0.05) is 18.7 Å². The molecule has 0 atom stereocenters. The fourth-order valence-corrected chi connectivity index (χ4v) is 2.55. The molecule has 0 aromatic heterocycles. The molecule has 3 N–H and O–H groups in total. The summed E-state index contributed by atoms with van der Waals surface area (Å²) in [6.45, 7) is 1.96. The van der Waals surface area contributed by atoms with Crippen LogP contribution in [0.1, 0.15) is 23.6 Å². The van der Waals surface area contributed by atoms with Gasteiger partial charge in [-0.05, 0) is 36.2 Å². The van der Waals surface area contributed by atoms with Crippen molar-refractivity contribution in [2.24, 2.45) is 4.99 Å². The van der Waals surface area contributed by atoms with Crippen molar-refractivity contribution in [1.82, 2.24) is 10.6 Å². The van der Waals surface area contributed by atoms with Gasteiger partial charge >= 0.3 is 6.18 Å². The molecule has 6 nitrogen and oxygen atoms in total. The number of aliphatic imine (C=N–C) groups is 1. The summed E-state index contributed by atoms with van der Waals surface area (Å²) >= 11 is 0. The van der Waals surface area contributed by atoms with Crippen molar-refractivity contribution in [3.8, 4) is 11.5 Å². The smallest absolute Gasteiger partial charge is 0.411 e. The van der Waals surface area contributed by atoms with Crippen molar-refractivity contribution < 1.29 is 27.8 Å². The molecule has 0 radical (unpaired) electrons. The van der Waals surface area contributed by atoms with E-state index in [1.807, 2.05) is 6.92 Å². The highest BCUT2D eigenvalue weighted by Crippen LogP contribution is 2.22. The molecule has 0 saturated carbocycles. The fourth-order valence-electron chi connectivity index (χ4n) is 2.55. The molecule has 0 saturated heterocycles. The van der Waals surface area contributed by atoms with Crippen molar-refractivity contribution in [2.45, 2.75) is 32.8 Å². The number of benzene rings is 2. The molecule has 0 unspecified atom stereocenters. The normalized spacial score (nSPS) is 11.6. The van der Waals surface area contributed by atoms with Crippen LogP contribution in [0.15, 0.2) is 47.5 Å². The fraction of sp³-hybridized carbons (Fsp3) is 0.381. The van der Waals surface area contributed by atoms with E-state index in [4.69, 9.17) is 4.74 Å². The minimum absolute atomic E-state index is 0. The summed E-state index contributed by atoms with van der Waals surface area (Å²) in [4.78, 5) is 4.50. The number of nitrogens with zero attached hydrogens (tertiary/aromatic N) is 1. The van der Waals surface area contributed by atoms with Gasteiger partial charge in [-0.2, -0.15) is 13.2 Å². The van der Waals surface area contributed by atoms with E-state index in [1.54, 1.807) is 49.6 Å². The SMILES string of the molecule is CCNC(=NCc1ccc(COCC(F)(F)F)cc1)NCc1cc(OC)ccc1O.I. The second kappa shape index (κ2) is 13.3. The molecule has 0 heterocycles. The van der Waals surface area contributed by atoms with Crippen molar-refractivity contribution in [1.29, 1.82) is 0 Å². The van der Waals surface area contributed by atoms with Crippen LogP contribution in [0.25, 0.3) is 0 Å². The van der Waals surface area contributed by atoms with E-state index in [0.29, 0.717) is 42.5 Å². The van der Waals surface area contributed by atoms with E-state index in [1.165, 1.54) is 0 Å². The molecular weight excluding hydrogens is 526 g/mol. The number of methoxy groups -OCH3 is 1. The average molecular weight is 553 g/mol.